The summed E-state index contributed by atoms with van der Waals surface area (Å²) >= 11 is 1.29. The molecule has 2 aromatic rings. The molecule has 7 heteroatoms. The third-order valence-corrected chi connectivity index (χ3v) is 4.92. The molecular weight excluding hydrogens is 282 g/mol. The predicted octanol–water partition coefficient (Wildman–Crippen LogP) is 1.82. The van der Waals surface area contributed by atoms with E-state index in [0.717, 1.165) is 11.1 Å². The lowest BCUT2D eigenvalue weighted by atomic mass is 10.1. The molecule has 0 saturated heterocycles. The van der Waals surface area contributed by atoms with E-state index in [9.17, 15) is 8.42 Å². The van der Waals surface area contributed by atoms with Crippen LogP contribution < -0.4 is 10.5 Å². The van der Waals surface area contributed by atoms with Crippen LogP contribution in [0.15, 0.2) is 28.5 Å². The van der Waals surface area contributed by atoms with Crippen LogP contribution in [0.25, 0.3) is 0 Å². The van der Waals surface area contributed by atoms with Crippen molar-refractivity contribution in [1.82, 2.24) is 9.71 Å². The predicted molar refractivity (Wildman–Crippen MR) is 76.5 cm³/mol. The van der Waals surface area contributed by atoms with Gasteiger partial charge in [-0.15, -0.1) is 11.3 Å². The van der Waals surface area contributed by atoms with Gasteiger partial charge in [-0.2, -0.15) is 0 Å². The first kappa shape index (κ1) is 14.0. The van der Waals surface area contributed by atoms with E-state index >= 15 is 0 Å². The molecule has 1 heterocycles. The molecule has 0 aliphatic heterocycles. The Labute approximate surface area is 116 Å². The van der Waals surface area contributed by atoms with Gasteiger partial charge in [0.05, 0.1) is 17.1 Å². The molecule has 0 fully saturated rings. The number of rotatable bonds is 4. The molecule has 0 aliphatic rings. The number of thiazole rings is 1. The average molecular weight is 297 g/mol. The Morgan fingerprint density at radius 1 is 1.32 bits per heavy atom. The second kappa shape index (κ2) is 5.28. The van der Waals surface area contributed by atoms with Gasteiger partial charge in [-0.05, 0) is 37.1 Å². The topological polar surface area (TPSA) is 85.1 Å². The summed E-state index contributed by atoms with van der Waals surface area (Å²) in [5.41, 5.74) is 8.12. The van der Waals surface area contributed by atoms with Crippen LogP contribution in [0.2, 0.25) is 0 Å². The van der Waals surface area contributed by atoms with Crippen LogP contribution in [-0.4, -0.2) is 13.4 Å². The normalized spacial score (nSPS) is 11.7. The number of nitrogens with one attached hydrogen (secondary N) is 1. The minimum Gasteiger partial charge on any atom is -0.375 e. The molecule has 3 N–H and O–H groups in total. The van der Waals surface area contributed by atoms with Gasteiger partial charge in [-0.25, -0.2) is 18.1 Å². The Kier molecular flexibility index (Phi) is 3.88. The molecule has 0 saturated carbocycles. The maximum absolute atomic E-state index is 12.1. The van der Waals surface area contributed by atoms with E-state index in [-0.39, 0.29) is 11.4 Å². The smallest absolute Gasteiger partial charge is 0.240 e. The number of aryl methyl sites for hydroxylation is 2. The van der Waals surface area contributed by atoms with Crippen molar-refractivity contribution in [3.05, 3.63) is 40.4 Å². The van der Waals surface area contributed by atoms with Crippen LogP contribution in [0.1, 0.15) is 16.8 Å². The molecule has 1 aromatic carbocycles. The van der Waals surface area contributed by atoms with E-state index in [1.165, 1.54) is 11.3 Å². The molecule has 0 radical (unpaired) electrons. The summed E-state index contributed by atoms with van der Waals surface area (Å²) in [6.07, 6.45) is 0. The molecule has 102 valence electrons. The van der Waals surface area contributed by atoms with E-state index in [1.807, 2.05) is 13.8 Å². The van der Waals surface area contributed by atoms with Gasteiger partial charge in [0, 0.05) is 5.38 Å². The largest absolute Gasteiger partial charge is 0.375 e. The number of hydrogen-bond donors (Lipinski definition) is 2. The van der Waals surface area contributed by atoms with Gasteiger partial charge in [0.25, 0.3) is 0 Å². The minimum atomic E-state index is -3.51. The third kappa shape index (κ3) is 3.31. The van der Waals surface area contributed by atoms with E-state index in [0.29, 0.717) is 10.8 Å². The average Bonchev–Trinajstić information content (AvgIpc) is 2.76. The van der Waals surface area contributed by atoms with Crippen LogP contribution in [0.5, 0.6) is 0 Å². The summed E-state index contributed by atoms with van der Waals surface area (Å²) in [5.74, 6) is 0. The Hall–Kier alpha value is -1.44. The molecule has 5 nitrogen and oxygen atoms in total. The summed E-state index contributed by atoms with van der Waals surface area (Å²) in [5, 5.41) is 2.17. The number of nitrogens with two attached hydrogens (primary N) is 1. The molecule has 2 rings (SSSR count). The van der Waals surface area contributed by atoms with Gasteiger partial charge in [0.15, 0.2) is 5.13 Å². The number of benzene rings is 1. The summed E-state index contributed by atoms with van der Waals surface area (Å²) in [6, 6.07) is 5.05. The van der Waals surface area contributed by atoms with Crippen LogP contribution in [-0.2, 0) is 16.6 Å². The fraction of sp³-hybridized carbons (Fsp3) is 0.250. The van der Waals surface area contributed by atoms with Crippen LogP contribution in [0.3, 0.4) is 0 Å². The van der Waals surface area contributed by atoms with Crippen LogP contribution in [0, 0.1) is 13.8 Å². The van der Waals surface area contributed by atoms with Crippen molar-refractivity contribution in [2.24, 2.45) is 0 Å². The van der Waals surface area contributed by atoms with Crippen LogP contribution in [0.4, 0.5) is 5.13 Å². The van der Waals surface area contributed by atoms with Gasteiger partial charge in [0.2, 0.25) is 10.0 Å². The second-order valence-corrected chi connectivity index (χ2v) is 6.90. The first-order chi connectivity index (χ1) is 8.88. The lowest BCUT2D eigenvalue weighted by molar-refractivity contribution is 0.580. The molecule has 1 aromatic heterocycles. The molecule has 0 bridgehead atoms. The SMILES string of the molecule is Cc1ccc(S(=O)(=O)NCc2csc(N)n2)cc1C. The Morgan fingerprint density at radius 3 is 2.63 bits per heavy atom. The maximum atomic E-state index is 12.1. The van der Waals surface area contributed by atoms with Gasteiger partial charge in [-0.1, -0.05) is 6.07 Å². The lowest BCUT2D eigenvalue weighted by Gasteiger charge is -2.07. The van der Waals surface area contributed by atoms with E-state index in [1.54, 1.807) is 23.6 Å². The number of hydrogen-bond acceptors (Lipinski definition) is 5. The van der Waals surface area contributed by atoms with E-state index in [2.05, 4.69) is 9.71 Å². The summed E-state index contributed by atoms with van der Waals surface area (Å²) < 4.78 is 26.7. The minimum absolute atomic E-state index is 0.142. The number of sulfonamides is 1. The van der Waals surface area contributed by atoms with Crippen molar-refractivity contribution in [2.45, 2.75) is 25.3 Å². The highest BCUT2D eigenvalue weighted by Gasteiger charge is 2.14. The zero-order valence-corrected chi connectivity index (χ0v) is 12.3. The van der Waals surface area contributed by atoms with E-state index < -0.39 is 10.0 Å². The zero-order valence-electron chi connectivity index (χ0n) is 10.7. The van der Waals surface area contributed by atoms with Gasteiger partial charge in [-0.3, -0.25) is 0 Å². The van der Waals surface area contributed by atoms with Crippen molar-refractivity contribution < 1.29 is 8.42 Å². The molecule has 0 unspecified atom stereocenters. The van der Waals surface area contributed by atoms with Gasteiger partial charge in [0.1, 0.15) is 0 Å². The third-order valence-electron chi connectivity index (χ3n) is 2.80. The van der Waals surface area contributed by atoms with Gasteiger partial charge < -0.3 is 5.73 Å². The molecular formula is C12H15N3O2S2. The molecule has 0 aliphatic carbocycles. The summed E-state index contributed by atoms with van der Waals surface area (Å²) in [4.78, 5) is 4.27. The van der Waals surface area contributed by atoms with Crippen molar-refractivity contribution in [3.8, 4) is 0 Å². The molecule has 19 heavy (non-hydrogen) atoms. The number of aromatic nitrogens is 1. The van der Waals surface area contributed by atoms with E-state index in [4.69, 9.17) is 5.73 Å². The Morgan fingerprint density at radius 2 is 2.05 bits per heavy atom. The van der Waals surface area contributed by atoms with Crippen molar-refractivity contribution in [1.29, 1.82) is 0 Å². The quantitative estimate of drug-likeness (QED) is 0.901. The molecule has 0 spiro atoms. The number of nitrogen functional groups attached to an aromatic ring is 1. The fourth-order valence-corrected chi connectivity index (χ4v) is 3.18. The van der Waals surface area contributed by atoms with Crippen molar-refractivity contribution in [2.75, 3.05) is 5.73 Å². The van der Waals surface area contributed by atoms with Gasteiger partial charge >= 0.3 is 0 Å². The summed E-state index contributed by atoms with van der Waals surface area (Å²) in [6.45, 7) is 3.97. The zero-order chi connectivity index (χ0) is 14.0. The second-order valence-electron chi connectivity index (χ2n) is 4.25. The molecule has 0 atom stereocenters. The lowest BCUT2D eigenvalue weighted by Crippen LogP contribution is -2.23. The fourth-order valence-electron chi connectivity index (χ4n) is 1.54. The highest BCUT2D eigenvalue weighted by atomic mass is 32.2. The standard InChI is InChI=1S/C12H15N3O2S2/c1-8-3-4-11(5-9(8)2)19(16,17)14-6-10-7-18-12(13)15-10/h3-5,7,14H,6H2,1-2H3,(H2,13,15). The first-order valence-corrected chi connectivity index (χ1v) is 8.01. The highest BCUT2D eigenvalue weighted by Crippen LogP contribution is 2.16. The van der Waals surface area contributed by atoms with Crippen LogP contribution >= 0.6 is 11.3 Å². The Balaban J connectivity index is 2.16. The maximum Gasteiger partial charge on any atom is 0.240 e. The number of nitrogens with zero attached hydrogens (tertiary/aromatic N) is 1. The summed E-state index contributed by atoms with van der Waals surface area (Å²) in [7, 11) is -3.51. The highest BCUT2D eigenvalue weighted by molar-refractivity contribution is 7.89. The first-order valence-electron chi connectivity index (χ1n) is 5.65. The number of anilines is 1. The monoisotopic (exact) mass is 297 g/mol. The van der Waals surface area contributed by atoms with Crippen molar-refractivity contribution >= 4 is 26.5 Å². The van der Waals surface area contributed by atoms with Crippen molar-refractivity contribution in [3.63, 3.8) is 0 Å². The Bertz CT molecular complexity index is 693. The molecule has 0 amide bonds.